The minimum absolute atomic E-state index is 0.187. The number of carbonyl (C=O) groups is 2. The summed E-state index contributed by atoms with van der Waals surface area (Å²) in [5, 5.41) is 9.89. The number of rotatable bonds is 5. The van der Waals surface area contributed by atoms with Gasteiger partial charge in [-0.25, -0.2) is 9.78 Å². The number of hydrogen-bond donors (Lipinski definition) is 0. The van der Waals surface area contributed by atoms with Crippen LogP contribution in [0.4, 0.5) is 0 Å². The first kappa shape index (κ1) is 17.3. The zero-order valence-electron chi connectivity index (χ0n) is 13.6. The third-order valence-electron chi connectivity index (χ3n) is 3.60. The Morgan fingerprint density at radius 1 is 1.48 bits per heavy atom. The molecule has 0 spiro atoms. The molecule has 0 unspecified atom stereocenters. The van der Waals surface area contributed by atoms with Crippen LogP contribution in [0.5, 0.6) is 0 Å². The second-order valence-electron chi connectivity index (χ2n) is 5.65. The maximum atomic E-state index is 12.4. The topological polar surface area (TPSA) is 83.3 Å². The number of hydrogen-bond acceptors (Lipinski definition) is 6. The Morgan fingerprint density at radius 3 is 2.61 bits per heavy atom. The number of carbonyl (C=O) groups excluding carboxylic acids is 2. The summed E-state index contributed by atoms with van der Waals surface area (Å²) in [5.74, 6) is -0.622. The zero-order valence-corrected chi connectivity index (χ0v) is 14.4. The van der Waals surface area contributed by atoms with Crippen LogP contribution in [0.15, 0.2) is 11.1 Å². The summed E-state index contributed by atoms with van der Waals surface area (Å²) in [7, 11) is 3.19. The normalized spacial score (nSPS) is 14.7. The van der Waals surface area contributed by atoms with Crippen molar-refractivity contribution in [2.75, 3.05) is 20.4 Å². The molecule has 0 aromatic carbocycles. The predicted molar refractivity (Wildman–Crippen MR) is 86.3 cm³/mol. The molecule has 1 amide bonds. The molecule has 0 radical (unpaired) electrons. The molecule has 6 nitrogen and oxygen atoms in total. The summed E-state index contributed by atoms with van der Waals surface area (Å²) in [6.07, 6.45) is 2.99. The minimum atomic E-state index is -0.903. The van der Waals surface area contributed by atoms with Gasteiger partial charge in [0.15, 0.2) is 6.10 Å². The van der Waals surface area contributed by atoms with Crippen molar-refractivity contribution >= 4 is 23.6 Å². The molecule has 2 rings (SSSR count). The number of nitriles is 1. The molecule has 1 aliphatic rings. The molecular formula is C16H19N3O3S. The quantitative estimate of drug-likeness (QED) is 0.607. The van der Waals surface area contributed by atoms with E-state index in [1.165, 1.54) is 23.6 Å². The van der Waals surface area contributed by atoms with Crippen LogP contribution in [0, 0.1) is 11.3 Å². The fraction of sp³-hybridized carbons (Fsp3) is 0.500. The van der Waals surface area contributed by atoms with E-state index < -0.39 is 12.1 Å². The van der Waals surface area contributed by atoms with Crippen LogP contribution < -0.4 is 0 Å². The molecule has 1 fully saturated rings. The van der Waals surface area contributed by atoms with Crippen molar-refractivity contribution < 1.29 is 14.3 Å². The highest BCUT2D eigenvalue weighted by Crippen LogP contribution is 2.40. The molecule has 1 aromatic heterocycles. The number of pyridine rings is 1. The Bertz CT molecular complexity index is 678. The number of likely N-dealkylation sites (N-methyl/N-ethyl adjacent to an activating group) is 1. The van der Waals surface area contributed by atoms with Gasteiger partial charge in [-0.3, -0.25) is 4.79 Å². The summed E-state index contributed by atoms with van der Waals surface area (Å²) in [6, 6.07) is 3.66. The van der Waals surface area contributed by atoms with Gasteiger partial charge in [0.1, 0.15) is 11.1 Å². The van der Waals surface area contributed by atoms with Crippen LogP contribution in [0.3, 0.4) is 0 Å². The van der Waals surface area contributed by atoms with Crippen molar-refractivity contribution in [3.8, 4) is 6.07 Å². The second-order valence-corrected chi connectivity index (χ2v) is 6.44. The molecule has 0 bridgehead atoms. The van der Waals surface area contributed by atoms with Gasteiger partial charge in [0.25, 0.3) is 5.91 Å². The number of ether oxygens (including phenoxy) is 1. The lowest BCUT2D eigenvalue weighted by atomic mass is 10.1. The van der Waals surface area contributed by atoms with E-state index in [4.69, 9.17) is 4.74 Å². The van der Waals surface area contributed by atoms with Crippen molar-refractivity contribution in [2.45, 2.75) is 36.8 Å². The maximum Gasteiger partial charge on any atom is 0.340 e. The van der Waals surface area contributed by atoms with E-state index in [9.17, 15) is 14.9 Å². The van der Waals surface area contributed by atoms with Gasteiger partial charge in [0.2, 0.25) is 0 Å². The van der Waals surface area contributed by atoms with E-state index in [0.29, 0.717) is 10.9 Å². The van der Waals surface area contributed by atoms with Crippen LogP contribution in [-0.2, 0) is 9.53 Å². The summed E-state index contributed by atoms with van der Waals surface area (Å²) >= 11 is 1.32. The number of amides is 1. The van der Waals surface area contributed by atoms with Gasteiger partial charge in [0, 0.05) is 25.7 Å². The van der Waals surface area contributed by atoms with Crippen LogP contribution in [0.1, 0.15) is 47.3 Å². The average Bonchev–Trinajstić information content (AvgIpc) is 3.37. The van der Waals surface area contributed by atoms with Crippen molar-refractivity contribution in [3.05, 3.63) is 22.9 Å². The minimum Gasteiger partial charge on any atom is -0.449 e. The molecule has 1 aromatic rings. The highest BCUT2D eigenvalue weighted by molar-refractivity contribution is 7.98. The van der Waals surface area contributed by atoms with Crippen LogP contribution in [0.25, 0.3) is 0 Å². The molecule has 0 N–H and O–H groups in total. The number of esters is 1. The first-order valence-corrected chi connectivity index (χ1v) is 8.52. The van der Waals surface area contributed by atoms with Crippen LogP contribution in [0.2, 0.25) is 0 Å². The zero-order chi connectivity index (χ0) is 17.1. The summed E-state index contributed by atoms with van der Waals surface area (Å²) in [4.78, 5) is 30.1. The van der Waals surface area contributed by atoms with Gasteiger partial charge < -0.3 is 9.64 Å². The molecule has 7 heteroatoms. The second kappa shape index (κ2) is 7.01. The molecule has 122 valence electrons. The SMILES string of the molecule is CSc1nc(C2CC2)cc(C(=O)O[C@H](C)C(=O)N(C)C)c1C#N. The number of thioether (sulfide) groups is 1. The molecule has 1 saturated carbocycles. The molecule has 23 heavy (non-hydrogen) atoms. The van der Waals surface area contributed by atoms with E-state index in [-0.39, 0.29) is 17.0 Å². The Labute approximate surface area is 139 Å². The molecule has 0 aliphatic heterocycles. The van der Waals surface area contributed by atoms with Gasteiger partial charge in [-0.15, -0.1) is 11.8 Å². The average molecular weight is 333 g/mol. The predicted octanol–water partition coefficient (Wildman–Crippen LogP) is 2.19. The molecular weight excluding hydrogens is 314 g/mol. The van der Waals surface area contributed by atoms with Gasteiger partial charge >= 0.3 is 5.97 Å². The molecule has 0 saturated heterocycles. The Balaban J connectivity index is 2.33. The first-order chi connectivity index (χ1) is 10.9. The summed E-state index contributed by atoms with van der Waals surface area (Å²) < 4.78 is 5.24. The Hall–Kier alpha value is -2.07. The molecule has 1 atom stereocenters. The monoisotopic (exact) mass is 333 g/mol. The third kappa shape index (κ3) is 3.82. The smallest absolute Gasteiger partial charge is 0.340 e. The van der Waals surface area contributed by atoms with Crippen molar-refractivity contribution in [1.29, 1.82) is 5.26 Å². The van der Waals surface area contributed by atoms with Gasteiger partial charge in [-0.2, -0.15) is 5.26 Å². The lowest BCUT2D eigenvalue weighted by Crippen LogP contribution is -2.35. The summed E-state index contributed by atoms with van der Waals surface area (Å²) in [5.41, 5.74) is 1.20. The van der Waals surface area contributed by atoms with Gasteiger partial charge in [-0.05, 0) is 32.1 Å². The van der Waals surface area contributed by atoms with E-state index in [1.54, 1.807) is 20.2 Å². The van der Waals surface area contributed by atoms with E-state index in [1.807, 2.05) is 12.3 Å². The van der Waals surface area contributed by atoms with Crippen molar-refractivity contribution in [2.24, 2.45) is 0 Å². The van der Waals surface area contributed by atoms with Crippen LogP contribution >= 0.6 is 11.8 Å². The van der Waals surface area contributed by atoms with Crippen molar-refractivity contribution in [3.63, 3.8) is 0 Å². The highest BCUT2D eigenvalue weighted by atomic mass is 32.2. The van der Waals surface area contributed by atoms with Crippen molar-refractivity contribution in [1.82, 2.24) is 9.88 Å². The fourth-order valence-corrected chi connectivity index (χ4v) is 2.74. The highest BCUT2D eigenvalue weighted by Gasteiger charge is 2.30. The molecule has 1 aliphatic carbocycles. The number of aromatic nitrogens is 1. The maximum absolute atomic E-state index is 12.4. The third-order valence-corrected chi connectivity index (χ3v) is 4.28. The summed E-state index contributed by atoms with van der Waals surface area (Å²) in [6.45, 7) is 1.52. The largest absolute Gasteiger partial charge is 0.449 e. The molecule has 1 heterocycles. The van der Waals surface area contributed by atoms with E-state index in [0.717, 1.165) is 18.5 Å². The Morgan fingerprint density at radius 2 is 2.13 bits per heavy atom. The van der Waals surface area contributed by atoms with E-state index >= 15 is 0 Å². The lowest BCUT2D eigenvalue weighted by molar-refractivity contribution is -0.137. The van der Waals surface area contributed by atoms with Crippen LogP contribution in [-0.4, -0.2) is 48.2 Å². The standard InChI is InChI=1S/C16H19N3O3S/c1-9(15(20)19(2)3)22-16(21)11-7-13(10-5-6-10)18-14(23-4)12(11)8-17/h7,9-10H,5-6H2,1-4H3/t9-/m1/s1. The lowest BCUT2D eigenvalue weighted by Gasteiger charge is -2.18. The van der Waals surface area contributed by atoms with Gasteiger partial charge in [0.05, 0.1) is 11.1 Å². The van der Waals surface area contributed by atoms with Gasteiger partial charge in [-0.1, -0.05) is 0 Å². The number of nitrogens with zero attached hydrogens (tertiary/aromatic N) is 3. The fourth-order valence-electron chi connectivity index (χ4n) is 2.18. The Kier molecular flexibility index (Phi) is 5.26. The first-order valence-electron chi connectivity index (χ1n) is 7.30. The van der Waals surface area contributed by atoms with E-state index in [2.05, 4.69) is 4.98 Å².